The van der Waals surface area contributed by atoms with Gasteiger partial charge in [0.05, 0.1) is 19.3 Å². The molecule has 0 heterocycles. The van der Waals surface area contributed by atoms with Crippen molar-refractivity contribution in [3.05, 3.63) is 0 Å². The van der Waals surface area contributed by atoms with Crippen molar-refractivity contribution in [2.24, 2.45) is 5.41 Å². The van der Waals surface area contributed by atoms with Crippen molar-refractivity contribution < 1.29 is 9.47 Å². The highest BCUT2D eigenvalue weighted by Gasteiger charge is 2.27. The molecular weight excluding hydrogens is 142 g/mol. The Kier molecular flexibility index (Phi) is 4.84. The molecule has 0 rings (SSSR count). The van der Waals surface area contributed by atoms with Crippen LogP contribution in [-0.4, -0.2) is 27.4 Å². The fraction of sp³-hybridized carbons (Fsp3) is 0.875. The number of ether oxygens (including phenoxy) is 2. The Morgan fingerprint density at radius 3 is 1.91 bits per heavy atom. The normalized spacial score (nSPS) is 11.1. The van der Waals surface area contributed by atoms with Gasteiger partial charge in [-0.3, -0.25) is 0 Å². The van der Waals surface area contributed by atoms with Crippen LogP contribution in [0.1, 0.15) is 13.3 Å². The van der Waals surface area contributed by atoms with E-state index in [0.717, 1.165) is 6.42 Å². The van der Waals surface area contributed by atoms with Crippen molar-refractivity contribution in [2.45, 2.75) is 13.3 Å². The molecule has 0 saturated carbocycles. The second kappa shape index (κ2) is 5.11. The molecule has 0 fully saturated rings. The summed E-state index contributed by atoms with van der Waals surface area (Å²) in [6.07, 6.45) is 0.755. The van der Waals surface area contributed by atoms with Crippen LogP contribution in [0.3, 0.4) is 0 Å². The lowest BCUT2D eigenvalue weighted by Gasteiger charge is -2.22. The van der Waals surface area contributed by atoms with Crippen molar-refractivity contribution in [1.82, 2.24) is 0 Å². The predicted octanol–water partition coefficient (Wildman–Crippen LogP) is 1.20. The van der Waals surface area contributed by atoms with Gasteiger partial charge in [-0.1, -0.05) is 6.92 Å². The first-order valence-corrected chi connectivity index (χ1v) is 3.64. The van der Waals surface area contributed by atoms with Crippen molar-refractivity contribution in [3.8, 4) is 6.07 Å². The van der Waals surface area contributed by atoms with E-state index in [9.17, 15) is 0 Å². The summed E-state index contributed by atoms with van der Waals surface area (Å²) in [5, 5.41) is 8.83. The Morgan fingerprint density at radius 1 is 1.27 bits per heavy atom. The van der Waals surface area contributed by atoms with Crippen LogP contribution in [-0.2, 0) is 9.47 Å². The summed E-state index contributed by atoms with van der Waals surface area (Å²) >= 11 is 0. The van der Waals surface area contributed by atoms with Gasteiger partial charge in [-0.25, -0.2) is 0 Å². The molecule has 0 aromatic heterocycles. The minimum Gasteiger partial charge on any atom is -0.383 e. The van der Waals surface area contributed by atoms with Gasteiger partial charge in [0, 0.05) is 14.2 Å². The maximum absolute atomic E-state index is 8.83. The Labute approximate surface area is 67.9 Å². The molecule has 0 aliphatic carbocycles. The van der Waals surface area contributed by atoms with Gasteiger partial charge in [0.15, 0.2) is 0 Å². The Hall–Kier alpha value is -0.590. The monoisotopic (exact) mass is 157 g/mol. The molecule has 0 saturated heterocycles. The summed E-state index contributed by atoms with van der Waals surface area (Å²) in [6, 6.07) is 2.22. The maximum Gasteiger partial charge on any atom is 0.104 e. The van der Waals surface area contributed by atoms with E-state index in [1.165, 1.54) is 0 Å². The smallest absolute Gasteiger partial charge is 0.104 e. The number of rotatable bonds is 5. The number of hydrogen-bond donors (Lipinski definition) is 0. The zero-order chi connectivity index (χ0) is 8.74. The van der Waals surface area contributed by atoms with Crippen LogP contribution in [0.25, 0.3) is 0 Å². The largest absolute Gasteiger partial charge is 0.383 e. The summed E-state index contributed by atoms with van der Waals surface area (Å²) in [5.41, 5.74) is -0.455. The van der Waals surface area contributed by atoms with E-state index in [0.29, 0.717) is 13.2 Å². The van der Waals surface area contributed by atoms with Crippen molar-refractivity contribution >= 4 is 0 Å². The van der Waals surface area contributed by atoms with E-state index in [1.807, 2.05) is 6.92 Å². The fourth-order valence-corrected chi connectivity index (χ4v) is 0.942. The molecule has 0 aromatic carbocycles. The molecule has 11 heavy (non-hydrogen) atoms. The highest BCUT2D eigenvalue weighted by atomic mass is 16.5. The Morgan fingerprint density at radius 2 is 1.73 bits per heavy atom. The first kappa shape index (κ1) is 10.4. The minimum absolute atomic E-state index is 0.438. The van der Waals surface area contributed by atoms with Crippen LogP contribution in [0, 0.1) is 16.7 Å². The van der Waals surface area contributed by atoms with Crippen LogP contribution in [0.4, 0.5) is 0 Å². The van der Waals surface area contributed by atoms with Gasteiger partial charge in [-0.15, -0.1) is 0 Å². The van der Waals surface area contributed by atoms with Gasteiger partial charge >= 0.3 is 0 Å². The van der Waals surface area contributed by atoms with E-state index < -0.39 is 5.41 Å². The van der Waals surface area contributed by atoms with Crippen molar-refractivity contribution in [2.75, 3.05) is 27.4 Å². The molecule has 0 spiro atoms. The first-order valence-electron chi connectivity index (χ1n) is 3.64. The number of methoxy groups -OCH3 is 2. The van der Waals surface area contributed by atoms with Crippen LogP contribution in [0.15, 0.2) is 0 Å². The van der Waals surface area contributed by atoms with Gasteiger partial charge in [-0.05, 0) is 6.42 Å². The molecule has 0 N–H and O–H groups in total. The Bertz CT molecular complexity index is 134. The molecule has 0 atom stereocenters. The van der Waals surface area contributed by atoms with Gasteiger partial charge in [0.2, 0.25) is 0 Å². The highest BCUT2D eigenvalue weighted by molar-refractivity contribution is 4.98. The van der Waals surface area contributed by atoms with Gasteiger partial charge in [0.25, 0.3) is 0 Å². The number of nitriles is 1. The van der Waals surface area contributed by atoms with Gasteiger partial charge in [-0.2, -0.15) is 5.26 Å². The Balaban J connectivity index is 4.11. The lowest BCUT2D eigenvalue weighted by atomic mass is 9.89. The van der Waals surface area contributed by atoms with E-state index in [1.54, 1.807) is 14.2 Å². The predicted molar refractivity (Wildman–Crippen MR) is 42.1 cm³/mol. The van der Waals surface area contributed by atoms with Crippen LogP contribution in [0.5, 0.6) is 0 Å². The molecule has 3 heteroatoms. The summed E-state index contributed by atoms with van der Waals surface area (Å²) in [6.45, 7) is 2.84. The van der Waals surface area contributed by atoms with Crippen LogP contribution >= 0.6 is 0 Å². The molecule has 64 valence electrons. The minimum atomic E-state index is -0.455. The molecule has 0 unspecified atom stereocenters. The summed E-state index contributed by atoms with van der Waals surface area (Å²) in [5.74, 6) is 0. The van der Waals surface area contributed by atoms with Crippen molar-refractivity contribution in [1.29, 1.82) is 5.26 Å². The molecule has 0 bridgehead atoms. The molecule has 0 aliphatic rings. The van der Waals surface area contributed by atoms with E-state index in [4.69, 9.17) is 14.7 Å². The van der Waals surface area contributed by atoms with Crippen LogP contribution < -0.4 is 0 Å². The molecule has 0 radical (unpaired) electrons. The van der Waals surface area contributed by atoms with Gasteiger partial charge < -0.3 is 9.47 Å². The quantitative estimate of drug-likeness (QED) is 0.602. The van der Waals surface area contributed by atoms with E-state index >= 15 is 0 Å². The van der Waals surface area contributed by atoms with E-state index in [-0.39, 0.29) is 0 Å². The molecule has 0 amide bonds. The first-order chi connectivity index (χ1) is 5.24. The molecular formula is C8H15NO2. The zero-order valence-electron chi connectivity index (χ0n) is 7.39. The third-order valence-electron chi connectivity index (χ3n) is 1.76. The third kappa shape index (κ3) is 2.87. The SMILES string of the molecule is CCC(C#N)(COC)COC. The topological polar surface area (TPSA) is 42.2 Å². The summed E-state index contributed by atoms with van der Waals surface area (Å²) in [7, 11) is 3.19. The number of nitrogens with zero attached hydrogens (tertiary/aromatic N) is 1. The highest BCUT2D eigenvalue weighted by Crippen LogP contribution is 2.20. The summed E-state index contributed by atoms with van der Waals surface area (Å²) in [4.78, 5) is 0. The van der Waals surface area contributed by atoms with Crippen molar-refractivity contribution in [3.63, 3.8) is 0 Å². The third-order valence-corrected chi connectivity index (χ3v) is 1.76. The van der Waals surface area contributed by atoms with E-state index in [2.05, 4.69) is 6.07 Å². The fourth-order valence-electron chi connectivity index (χ4n) is 0.942. The maximum atomic E-state index is 8.83. The molecule has 3 nitrogen and oxygen atoms in total. The molecule has 0 aromatic rings. The molecule has 0 aliphatic heterocycles. The average Bonchev–Trinajstić information content (AvgIpc) is 2.04. The number of hydrogen-bond acceptors (Lipinski definition) is 3. The van der Waals surface area contributed by atoms with Gasteiger partial charge in [0.1, 0.15) is 5.41 Å². The lowest BCUT2D eigenvalue weighted by Crippen LogP contribution is -2.29. The standard InChI is InChI=1S/C8H15NO2/c1-4-8(5-9,6-10-2)7-11-3/h4,6-7H2,1-3H3. The lowest BCUT2D eigenvalue weighted by molar-refractivity contribution is 0.0430. The second-order valence-corrected chi connectivity index (χ2v) is 2.61. The summed E-state index contributed by atoms with van der Waals surface area (Å²) < 4.78 is 9.88. The zero-order valence-corrected chi connectivity index (χ0v) is 7.39. The second-order valence-electron chi connectivity index (χ2n) is 2.61. The van der Waals surface area contributed by atoms with Crippen LogP contribution in [0.2, 0.25) is 0 Å². The average molecular weight is 157 g/mol.